The molecule has 0 aliphatic heterocycles. The van der Waals surface area contributed by atoms with Crippen LogP contribution in [0, 0.1) is 0 Å². The van der Waals surface area contributed by atoms with Crippen molar-refractivity contribution in [1.82, 2.24) is 14.9 Å². The van der Waals surface area contributed by atoms with Gasteiger partial charge in [0, 0.05) is 5.02 Å². The van der Waals surface area contributed by atoms with E-state index in [-0.39, 0.29) is 6.61 Å². The lowest BCUT2D eigenvalue weighted by molar-refractivity contribution is 0.270. The van der Waals surface area contributed by atoms with E-state index >= 15 is 0 Å². The van der Waals surface area contributed by atoms with Gasteiger partial charge in [-0.15, -0.1) is 10.2 Å². The van der Waals surface area contributed by atoms with Crippen molar-refractivity contribution in [2.24, 2.45) is 5.10 Å². The molecule has 0 fully saturated rings. The molecule has 2 aromatic heterocycles. The van der Waals surface area contributed by atoms with Gasteiger partial charge in [0.05, 0.1) is 16.3 Å². The molecule has 0 saturated carbocycles. The molecule has 10 heteroatoms. The van der Waals surface area contributed by atoms with E-state index < -0.39 is 0 Å². The van der Waals surface area contributed by atoms with Crippen LogP contribution in [0.5, 0.6) is 5.75 Å². The van der Waals surface area contributed by atoms with Crippen molar-refractivity contribution in [2.75, 3.05) is 5.75 Å². The number of hydrogen-bond acceptors (Lipinski definition) is 6. The Morgan fingerprint density at radius 1 is 1.27 bits per heavy atom. The molecule has 0 unspecified atom stereocenters. The fourth-order valence-corrected chi connectivity index (χ4v) is 3.51. The molecule has 2 heterocycles. The van der Waals surface area contributed by atoms with Crippen molar-refractivity contribution in [2.45, 2.75) is 18.7 Å². The maximum absolute atomic E-state index is 6.09. The van der Waals surface area contributed by atoms with Crippen LogP contribution in [0.15, 0.2) is 45.3 Å². The van der Waals surface area contributed by atoms with Crippen molar-refractivity contribution in [3.05, 3.63) is 57.2 Å². The number of halogens is 3. The predicted octanol–water partition coefficient (Wildman–Crippen LogP) is 5.40. The van der Waals surface area contributed by atoms with Gasteiger partial charge in [-0.25, -0.2) is 0 Å². The molecule has 0 bridgehead atoms. The Morgan fingerprint density at radius 3 is 2.77 bits per heavy atom. The Labute approximate surface area is 169 Å². The number of hydrogen-bond donors (Lipinski definition) is 0. The molecule has 3 rings (SSSR count). The lowest BCUT2D eigenvalue weighted by Crippen LogP contribution is -1.95. The fourth-order valence-electron chi connectivity index (χ4n) is 1.99. The second kappa shape index (κ2) is 8.81. The molecule has 136 valence electrons. The van der Waals surface area contributed by atoms with Crippen LogP contribution in [0.2, 0.25) is 15.1 Å². The zero-order chi connectivity index (χ0) is 18.5. The van der Waals surface area contributed by atoms with Crippen LogP contribution in [-0.4, -0.2) is 26.8 Å². The topological polar surface area (TPSA) is 65.4 Å². The minimum Gasteiger partial charge on any atom is -0.483 e. The Balaban J connectivity index is 1.65. The minimum absolute atomic E-state index is 0.165. The summed E-state index contributed by atoms with van der Waals surface area (Å²) in [5.41, 5.74) is 0. The highest BCUT2D eigenvalue weighted by Gasteiger charge is 2.11. The van der Waals surface area contributed by atoms with Gasteiger partial charge in [0.15, 0.2) is 5.75 Å². The molecule has 0 aliphatic carbocycles. The highest BCUT2D eigenvalue weighted by Crippen LogP contribution is 2.36. The molecule has 0 atom stereocenters. The van der Waals surface area contributed by atoms with E-state index in [0.29, 0.717) is 37.5 Å². The van der Waals surface area contributed by atoms with Crippen LogP contribution in [0.1, 0.15) is 18.4 Å². The van der Waals surface area contributed by atoms with E-state index in [1.165, 1.54) is 6.33 Å². The van der Waals surface area contributed by atoms with Crippen molar-refractivity contribution >= 4 is 52.8 Å². The average Bonchev–Trinajstić information content (AvgIpc) is 3.21. The SMILES string of the molecule is CCSc1nncn1/N=C\c1ccc(COc2c(Cl)cc(Cl)cc2Cl)o1. The zero-order valence-electron chi connectivity index (χ0n) is 13.5. The Hall–Kier alpha value is -1.67. The highest BCUT2D eigenvalue weighted by molar-refractivity contribution is 7.99. The third-order valence-electron chi connectivity index (χ3n) is 3.09. The van der Waals surface area contributed by atoms with Crippen LogP contribution in [0.25, 0.3) is 0 Å². The summed E-state index contributed by atoms with van der Waals surface area (Å²) in [5.74, 6) is 2.40. The van der Waals surface area contributed by atoms with E-state index in [9.17, 15) is 0 Å². The number of ether oxygens (including phenoxy) is 1. The normalized spacial score (nSPS) is 11.4. The molecular formula is C16H13Cl3N4O2S. The first kappa shape index (κ1) is 19.1. The number of furan rings is 1. The third kappa shape index (κ3) is 4.73. The molecule has 1 aromatic carbocycles. The van der Waals surface area contributed by atoms with Gasteiger partial charge in [-0.1, -0.05) is 53.5 Å². The van der Waals surface area contributed by atoms with Crippen molar-refractivity contribution < 1.29 is 9.15 Å². The molecular weight excluding hydrogens is 419 g/mol. The highest BCUT2D eigenvalue weighted by atomic mass is 35.5. The quantitative estimate of drug-likeness (QED) is 0.370. The zero-order valence-corrected chi connectivity index (χ0v) is 16.6. The molecule has 0 amide bonds. The maximum atomic E-state index is 6.09. The summed E-state index contributed by atoms with van der Waals surface area (Å²) in [5, 5.41) is 13.9. The van der Waals surface area contributed by atoms with E-state index in [4.69, 9.17) is 44.0 Å². The molecule has 26 heavy (non-hydrogen) atoms. The number of aromatic nitrogens is 3. The molecule has 0 N–H and O–H groups in total. The smallest absolute Gasteiger partial charge is 0.211 e. The summed E-state index contributed by atoms with van der Waals surface area (Å²) in [4.78, 5) is 0. The van der Waals surface area contributed by atoms with Gasteiger partial charge in [-0.3, -0.25) is 0 Å². The van der Waals surface area contributed by atoms with E-state index in [2.05, 4.69) is 15.3 Å². The summed E-state index contributed by atoms with van der Waals surface area (Å²) in [7, 11) is 0. The second-order valence-electron chi connectivity index (χ2n) is 4.93. The number of benzene rings is 1. The van der Waals surface area contributed by atoms with Crippen LogP contribution in [0.4, 0.5) is 0 Å². The molecule has 6 nitrogen and oxygen atoms in total. The number of rotatable bonds is 7. The van der Waals surface area contributed by atoms with E-state index in [0.717, 1.165) is 5.75 Å². The van der Waals surface area contributed by atoms with Gasteiger partial charge < -0.3 is 9.15 Å². The van der Waals surface area contributed by atoms with Gasteiger partial charge in [-0.2, -0.15) is 9.78 Å². The van der Waals surface area contributed by atoms with Crippen LogP contribution < -0.4 is 4.74 Å². The monoisotopic (exact) mass is 430 g/mol. The van der Waals surface area contributed by atoms with Crippen molar-refractivity contribution in [1.29, 1.82) is 0 Å². The molecule has 0 saturated heterocycles. The van der Waals surface area contributed by atoms with Crippen molar-refractivity contribution in [3.8, 4) is 5.75 Å². The fraction of sp³-hybridized carbons (Fsp3) is 0.188. The minimum atomic E-state index is 0.165. The van der Waals surface area contributed by atoms with Crippen LogP contribution >= 0.6 is 46.6 Å². The van der Waals surface area contributed by atoms with Gasteiger partial charge in [-0.05, 0) is 30.0 Å². The average molecular weight is 432 g/mol. The van der Waals surface area contributed by atoms with Crippen LogP contribution in [-0.2, 0) is 6.61 Å². The largest absolute Gasteiger partial charge is 0.483 e. The first-order chi connectivity index (χ1) is 12.6. The predicted molar refractivity (Wildman–Crippen MR) is 104 cm³/mol. The summed E-state index contributed by atoms with van der Waals surface area (Å²) >= 11 is 19.6. The van der Waals surface area contributed by atoms with E-state index in [1.807, 2.05) is 6.92 Å². The summed E-state index contributed by atoms with van der Waals surface area (Å²) < 4.78 is 12.9. The standard InChI is InChI=1S/C16H13Cl3N4O2S/c1-2-26-16-22-20-9-23(16)21-7-11-3-4-12(25-11)8-24-15-13(18)5-10(17)6-14(15)19/h3-7,9H,2,8H2,1H3/b21-7-. The second-order valence-corrected chi connectivity index (χ2v) is 7.41. The first-order valence-electron chi connectivity index (χ1n) is 7.50. The van der Waals surface area contributed by atoms with E-state index in [1.54, 1.807) is 46.9 Å². The molecule has 0 aliphatic rings. The summed E-state index contributed by atoms with van der Waals surface area (Å²) in [6.07, 6.45) is 3.11. The van der Waals surface area contributed by atoms with Gasteiger partial charge >= 0.3 is 0 Å². The van der Waals surface area contributed by atoms with Gasteiger partial charge in [0.25, 0.3) is 0 Å². The van der Waals surface area contributed by atoms with Crippen molar-refractivity contribution in [3.63, 3.8) is 0 Å². The Morgan fingerprint density at radius 2 is 2.04 bits per heavy atom. The summed E-state index contributed by atoms with van der Waals surface area (Å²) in [6.45, 7) is 2.20. The maximum Gasteiger partial charge on any atom is 0.211 e. The third-order valence-corrected chi connectivity index (χ3v) is 4.68. The Bertz CT molecular complexity index is 903. The number of nitrogens with zero attached hydrogens (tertiary/aromatic N) is 4. The molecule has 3 aromatic rings. The lowest BCUT2D eigenvalue weighted by atomic mass is 10.3. The summed E-state index contributed by atoms with van der Waals surface area (Å²) in [6, 6.07) is 6.70. The van der Waals surface area contributed by atoms with Gasteiger partial charge in [0.2, 0.25) is 5.16 Å². The lowest BCUT2D eigenvalue weighted by Gasteiger charge is -2.08. The molecule has 0 spiro atoms. The Kier molecular flexibility index (Phi) is 6.48. The van der Waals surface area contributed by atoms with Gasteiger partial charge in [0.1, 0.15) is 24.5 Å². The molecule has 0 radical (unpaired) electrons. The van der Waals surface area contributed by atoms with Crippen LogP contribution in [0.3, 0.4) is 0 Å². The number of thioether (sulfide) groups is 1. The first-order valence-corrected chi connectivity index (χ1v) is 9.62.